The molecule has 1 amide bonds. The topological polar surface area (TPSA) is 95.9 Å². The van der Waals surface area contributed by atoms with Gasteiger partial charge in [0.05, 0.1) is 25.4 Å². The number of hydrogen-bond donors (Lipinski definition) is 3. The maximum absolute atomic E-state index is 12.5. The number of allylic oxidation sites excluding steroid dienone is 5. The first-order valence-electron chi connectivity index (χ1n) is 34.3. The second kappa shape index (κ2) is 65.6. The van der Waals surface area contributed by atoms with Gasteiger partial charge in [0, 0.05) is 12.8 Å². The Morgan fingerprint density at radius 1 is 0.368 bits per heavy atom. The van der Waals surface area contributed by atoms with Gasteiger partial charge in [-0.2, -0.15) is 0 Å². The second-order valence-corrected chi connectivity index (χ2v) is 23.5. The first-order valence-corrected chi connectivity index (χ1v) is 34.3. The molecule has 0 fully saturated rings. The van der Waals surface area contributed by atoms with Gasteiger partial charge in [0.25, 0.3) is 0 Å². The van der Waals surface area contributed by atoms with E-state index in [2.05, 4.69) is 43.5 Å². The number of esters is 1. The van der Waals surface area contributed by atoms with E-state index in [9.17, 15) is 19.8 Å². The zero-order valence-electron chi connectivity index (χ0n) is 51.3. The number of aliphatic hydroxyl groups excluding tert-OH is 2. The molecule has 2 unspecified atom stereocenters. The lowest BCUT2D eigenvalue weighted by molar-refractivity contribution is -0.143. The molecule has 0 rings (SSSR count). The number of unbranched alkanes of at least 4 members (excludes halogenated alkanes) is 49. The summed E-state index contributed by atoms with van der Waals surface area (Å²) in [5, 5.41) is 23.1. The molecule has 0 radical (unpaired) electrons. The highest BCUT2D eigenvalue weighted by molar-refractivity contribution is 5.76. The van der Waals surface area contributed by atoms with E-state index in [1.807, 2.05) is 6.08 Å². The van der Waals surface area contributed by atoms with E-state index in [4.69, 9.17) is 4.74 Å². The summed E-state index contributed by atoms with van der Waals surface area (Å²) >= 11 is 0. The van der Waals surface area contributed by atoms with Crippen molar-refractivity contribution in [3.8, 4) is 0 Å². The zero-order chi connectivity index (χ0) is 55.0. The average molecular weight is 1070 g/mol. The molecule has 3 N–H and O–H groups in total. The van der Waals surface area contributed by atoms with Gasteiger partial charge in [0.1, 0.15) is 0 Å². The maximum Gasteiger partial charge on any atom is 0.305 e. The lowest BCUT2D eigenvalue weighted by atomic mass is 10.0. The van der Waals surface area contributed by atoms with Gasteiger partial charge < -0.3 is 20.3 Å². The number of hydrogen-bond acceptors (Lipinski definition) is 5. The van der Waals surface area contributed by atoms with Crippen LogP contribution in [0.15, 0.2) is 36.5 Å². The van der Waals surface area contributed by atoms with Gasteiger partial charge in [0.2, 0.25) is 5.91 Å². The van der Waals surface area contributed by atoms with E-state index < -0.39 is 12.1 Å². The minimum absolute atomic E-state index is 0.00610. The molecule has 0 aliphatic heterocycles. The minimum atomic E-state index is -0.840. The van der Waals surface area contributed by atoms with Crippen molar-refractivity contribution in [1.29, 1.82) is 0 Å². The Bertz CT molecular complexity index is 1230. The highest BCUT2D eigenvalue weighted by Gasteiger charge is 2.18. The predicted octanol–water partition coefficient (Wildman–Crippen LogP) is 21.9. The smallest absolute Gasteiger partial charge is 0.305 e. The van der Waals surface area contributed by atoms with Gasteiger partial charge in [-0.15, -0.1) is 0 Å². The fourth-order valence-corrected chi connectivity index (χ4v) is 10.7. The summed E-state index contributed by atoms with van der Waals surface area (Å²) in [5.74, 6) is -0.0560. The van der Waals surface area contributed by atoms with Crippen molar-refractivity contribution in [3.63, 3.8) is 0 Å². The molecule has 6 heteroatoms. The molecule has 0 aromatic heterocycles. The predicted molar refractivity (Wildman–Crippen MR) is 333 cm³/mol. The largest absolute Gasteiger partial charge is 0.466 e. The summed E-state index contributed by atoms with van der Waals surface area (Å²) in [6, 6.07) is -0.623. The Morgan fingerprint density at radius 2 is 0.684 bits per heavy atom. The first-order chi connectivity index (χ1) is 37.5. The van der Waals surface area contributed by atoms with Crippen LogP contribution in [-0.4, -0.2) is 47.4 Å². The maximum atomic E-state index is 12.5. The van der Waals surface area contributed by atoms with Crippen LogP contribution in [0.25, 0.3) is 0 Å². The number of carbonyl (C=O) groups is 2. The summed E-state index contributed by atoms with van der Waals surface area (Å²) in [6.45, 7) is 4.85. The number of aliphatic hydroxyl groups is 2. The summed E-state index contributed by atoms with van der Waals surface area (Å²) in [6.07, 6.45) is 83.7. The number of carbonyl (C=O) groups excluding carboxylic acids is 2. The van der Waals surface area contributed by atoms with E-state index in [1.54, 1.807) is 6.08 Å². The second-order valence-electron chi connectivity index (χ2n) is 23.5. The third kappa shape index (κ3) is 61.3. The molecule has 0 saturated heterocycles. The van der Waals surface area contributed by atoms with Crippen molar-refractivity contribution in [2.24, 2.45) is 0 Å². The van der Waals surface area contributed by atoms with Gasteiger partial charge in [-0.25, -0.2) is 0 Å². The first kappa shape index (κ1) is 74.1. The fraction of sp³-hybridized carbons (Fsp3) is 0.886. The van der Waals surface area contributed by atoms with Crippen molar-refractivity contribution in [3.05, 3.63) is 36.5 Å². The third-order valence-corrected chi connectivity index (χ3v) is 15.9. The van der Waals surface area contributed by atoms with Crippen LogP contribution in [0, 0.1) is 0 Å². The van der Waals surface area contributed by atoms with Gasteiger partial charge in [-0.1, -0.05) is 339 Å². The van der Waals surface area contributed by atoms with Crippen molar-refractivity contribution in [1.82, 2.24) is 5.32 Å². The van der Waals surface area contributed by atoms with Crippen LogP contribution in [-0.2, 0) is 14.3 Å². The standard InChI is InChI=1S/C70H133NO5/c1-3-5-7-9-11-13-15-38-42-46-50-54-58-62-68(73)67(66-72)71-69(74)63-59-55-51-47-43-40-36-34-32-30-28-26-24-22-20-18-17-19-21-23-25-27-29-31-33-35-37-41-45-49-53-57-61-65-76-70(75)64-60-56-52-48-44-39-16-14-12-10-8-6-4-2/h8,10,14,16,58,62,67-68,72-73H,3-7,9,11-13,15,17-57,59-61,63-66H2,1-2H3,(H,71,74)/b10-8-,16-14-,62-58+. The van der Waals surface area contributed by atoms with Gasteiger partial charge in [-0.3, -0.25) is 9.59 Å². The summed E-state index contributed by atoms with van der Waals surface area (Å²) in [5.41, 5.74) is 0. The van der Waals surface area contributed by atoms with Crippen LogP contribution >= 0.6 is 0 Å². The minimum Gasteiger partial charge on any atom is -0.466 e. The number of nitrogens with one attached hydrogen (secondary N) is 1. The van der Waals surface area contributed by atoms with Crippen LogP contribution < -0.4 is 5.32 Å². The fourth-order valence-electron chi connectivity index (χ4n) is 10.7. The Kier molecular flexibility index (Phi) is 63.9. The highest BCUT2D eigenvalue weighted by atomic mass is 16.5. The SMILES string of the molecule is CCC/C=C\C/C=C\CCCCCCCC(=O)OCCCCCCCCCCCCCCCCCCCCCCCCCCCCCCCCCCCC(=O)NC(CO)C(O)/C=C/CCCCCCCCCCCCC. The van der Waals surface area contributed by atoms with Gasteiger partial charge in [-0.05, 0) is 57.8 Å². The molecular weight excluding hydrogens is 935 g/mol. The van der Waals surface area contributed by atoms with E-state index in [-0.39, 0.29) is 18.5 Å². The normalized spacial score (nSPS) is 12.7. The summed E-state index contributed by atoms with van der Waals surface area (Å²) in [7, 11) is 0. The molecule has 6 nitrogen and oxygen atoms in total. The van der Waals surface area contributed by atoms with E-state index in [0.717, 1.165) is 51.4 Å². The molecule has 0 aromatic carbocycles. The van der Waals surface area contributed by atoms with Crippen LogP contribution in [0.1, 0.15) is 373 Å². The van der Waals surface area contributed by atoms with Gasteiger partial charge >= 0.3 is 5.97 Å². The number of ether oxygens (including phenoxy) is 1. The lowest BCUT2D eigenvalue weighted by Gasteiger charge is -2.20. The molecular formula is C70H133NO5. The Balaban J connectivity index is 3.32. The Morgan fingerprint density at radius 3 is 1.05 bits per heavy atom. The highest BCUT2D eigenvalue weighted by Crippen LogP contribution is 2.19. The van der Waals surface area contributed by atoms with Crippen molar-refractivity contribution in [2.45, 2.75) is 386 Å². The molecule has 0 spiro atoms. The van der Waals surface area contributed by atoms with Crippen LogP contribution in [0.4, 0.5) is 0 Å². The molecule has 2 atom stereocenters. The van der Waals surface area contributed by atoms with Crippen LogP contribution in [0.3, 0.4) is 0 Å². The quantitative estimate of drug-likeness (QED) is 0.0320. The van der Waals surface area contributed by atoms with Crippen LogP contribution in [0.5, 0.6) is 0 Å². The van der Waals surface area contributed by atoms with Crippen molar-refractivity contribution >= 4 is 11.9 Å². The van der Waals surface area contributed by atoms with E-state index >= 15 is 0 Å². The molecule has 0 heterocycles. The molecule has 0 aliphatic rings. The van der Waals surface area contributed by atoms with E-state index in [1.165, 1.54) is 295 Å². The van der Waals surface area contributed by atoms with Gasteiger partial charge in [0.15, 0.2) is 0 Å². The Labute approximate surface area is 474 Å². The third-order valence-electron chi connectivity index (χ3n) is 15.9. The van der Waals surface area contributed by atoms with Crippen molar-refractivity contribution in [2.75, 3.05) is 13.2 Å². The molecule has 448 valence electrons. The average Bonchev–Trinajstić information content (AvgIpc) is 3.42. The number of rotatable bonds is 64. The molecule has 0 aromatic rings. The molecule has 76 heavy (non-hydrogen) atoms. The summed E-state index contributed by atoms with van der Waals surface area (Å²) in [4.78, 5) is 24.5. The Hall–Kier alpha value is -1.92. The van der Waals surface area contributed by atoms with Crippen molar-refractivity contribution < 1.29 is 24.5 Å². The lowest BCUT2D eigenvalue weighted by Crippen LogP contribution is -2.45. The zero-order valence-corrected chi connectivity index (χ0v) is 51.3. The molecule has 0 saturated carbocycles. The monoisotopic (exact) mass is 1070 g/mol. The molecule has 0 aliphatic carbocycles. The summed E-state index contributed by atoms with van der Waals surface area (Å²) < 4.78 is 5.48. The van der Waals surface area contributed by atoms with Crippen LogP contribution in [0.2, 0.25) is 0 Å². The number of amides is 1. The van der Waals surface area contributed by atoms with E-state index in [0.29, 0.717) is 19.4 Å². The molecule has 0 bridgehead atoms.